The Morgan fingerprint density at radius 2 is 2.12 bits per heavy atom. The molecule has 0 atom stereocenters. The van der Waals surface area contributed by atoms with Crippen molar-refractivity contribution in [2.45, 2.75) is 25.9 Å². The molecule has 134 valence electrons. The third-order valence-corrected chi connectivity index (χ3v) is 4.01. The number of hydrogen-bond acceptors (Lipinski definition) is 4. The number of carbonyl (C=O) groups excluding carboxylic acids is 1. The standard InChI is InChI=1S/C18H22FN3O3/c1-18(2)12-22(9-10-25-18)17(23)20-8-7-15-11-24-16(21-15)13-3-5-14(19)6-4-13/h3-6,11H,7-10,12H2,1-2H3,(H,20,23). The van der Waals surface area contributed by atoms with Crippen LogP contribution >= 0.6 is 0 Å². The molecule has 0 spiro atoms. The van der Waals surface area contributed by atoms with Gasteiger partial charge in [0, 0.05) is 25.1 Å². The van der Waals surface area contributed by atoms with Crippen LogP contribution in [0.5, 0.6) is 0 Å². The zero-order chi connectivity index (χ0) is 17.9. The highest BCUT2D eigenvalue weighted by atomic mass is 19.1. The normalized spacial score (nSPS) is 16.7. The number of oxazole rings is 1. The summed E-state index contributed by atoms with van der Waals surface area (Å²) in [7, 11) is 0. The van der Waals surface area contributed by atoms with Crippen LogP contribution in [0, 0.1) is 5.82 Å². The molecule has 1 aliphatic heterocycles. The zero-order valence-electron chi connectivity index (χ0n) is 14.4. The molecule has 1 aromatic heterocycles. The average Bonchev–Trinajstić information content (AvgIpc) is 3.03. The summed E-state index contributed by atoms with van der Waals surface area (Å²) in [6.07, 6.45) is 2.12. The molecule has 2 heterocycles. The lowest BCUT2D eigenvalue weighted by atomic mass is 10.1. The highest BCUT2D eigenvalue weighted by molar-refractivity contribution is 5.74. The Kier molecular flexibility index (Phi) is 5.03. The SMILES string of the molecule is CC1(C)CN(C(=O)NCCc2coc(-c3ccc(F)cc3)n2)CCO1. The predicted molar refractivity (Wildman–Crippen MR) is 90.6 cm³/mol. The summed E-state index contributed by atoms with van der Waals surface area (Å²) in [6.45, 7) is 6.11. The molecule has 0 bridgehead atoms. The van der Waals surface area contributed by atoms with Crippen molar-refractivity contribution in [3.05, 3.63) is 42.0 Å². The number of carbonyl (C=O) groups is 1. The summed E-state index contributed by atoms with van der Waals surface area (Å²) >= 11 is 0. The van der Waals surface area contributed by atoms with Crippen LogP contribution in [0.25, 0.3) is 11.5 Å². The van der Waals surface area contributed by atoms with Crippen LogP contribution < -0.4 is 5.32 Å². The van der Waals surface area contributed by atoms with Gasteiger partial charge in [0.15, 0.2) is 0 Å². The number of hydrogen-bond donors (Lipinski definition) is 1. The molecule has 0 unspecified atom stereocenters. The van der Waals surface area contributed by atoms with E-state index in [-0.39, 0.29) is 17.4 Å². The van der Waals surface area contributed by atoms with Gasteiger partial charge in [0.25, 0.3) is 0 Å². The van der Waals surface area contributed by atoms with Crippen LogP contribution in [-0.2, 0) is 11.2 Å². The second-order valence-corrected chi connectivity index (χ2v) is 6.66. The van der Waals surface area contributed by atoms with Crippen LogP contribution in [0.1, 0.15) is 19.5 Å². The van der Waals surface area contributed by atoms with E-state index in [1.807, 2.05) is 13.8 Å². The van der Waals surface area contributed by atoms with Gasteiger partial charge in [0.2, 0.25) is 5.89 Å². The van der Waals surface area contributed by atoms with Crippen molar-refractivity contribution in [2.24, 2.45) is 0 Å². The Bertz CT molecular complexity index is 727. The van der Waals surface area contributed by atoms with Crippen LogP contribution in [-0.4, -0.2) is 47.8 Å². The van der Waals surface area contributed by atoms with Gasteiger partial charge in [-0.2, -0.15) is 0 Å². The first-order valence-electron chi connectivity index (χ1n) is 8.30. The second kappa shape index (κ2) is 7.23. The lowest BCUT2D eigenvalue weighted by Gasteiger charge is -2.38. The van der Waals surface area contributed by atoms with E-state index in [0.29, 0.717) is 44.1 Å². The fraction of sp³-hybridized carbons (Fsp3) is 0.444. The van der Waals surface area contributed by atoms with Gasteiger partial charge in [-0.25, -0.2) is 14.2 Å². The number of morpholine rings is 1. The minimum Gasteiger partial charge on any atom is -0.444 e. The molecule has 3 rings (SSSR count). The van der Waals surface area contributed by atoms with Crippen LogP contribution in [0.2, 0.25) is 0 Å². The van der Waals surface area contributed by atoms with E-state index in [0.717, 1.165) is 5.69 Å². The molecular formula is C18H22FN3O3. The van der Waals surface area contributed by atoms with E-state index in [1.54, 1.807) is 23.3 Å². The van der Waals surface area contributed by atoms with Gasteiger partial charge in [-0.3, -0.25) is 0 Å². The molecule has 2 aromatic rings. The first-order valence-corrected chi connectivity index (χ1v) is 8.30. The predicted octanol–water partition coefficient (Wildman–Crippen LogP) is 2.84. The van der Waals surface area contributed by atoms with E-state index in [9.17, 15) is 9.18 Å². The number of rotatable bonds is 4. The molecule has 1 saturated heterocycles. The van der Waals surface area contributed by atoms with Gasteiger partial charge in [-0.15, -0.1) is 0 Å². The highest BCUT2D eigenvalue weighted by Crippen LogP contribution is 2.19. The summed E-state index contributed by atoms with van der Waals surface area (Å²) < 4.78 is 24.0. The average molecular weight is 347 g/mol. The van der Waals surface area contributed by atoms with Crippen molar-refractivity contribution in [3.8, 4) is 11.5 Å². The first kappa shape index (κ1) is 17.4. The molecule has 0 radical (unpaired) electrons. The molecule has 7 heteroatoms. The summed E-state index contributed by atoms with van der Waals surface area (Å²) in [5.74, 6) is 0.140. The van der Waals surface area contributed by atoms with Crippen LogP contribution in [0.3, 0.4) is 0 Å². The Morgan fingerprint density at radius 3 is 2.84 bits per heavy atom. The molecule has 1 fully saturated rings. The van der Waals surface area contributed by atoms with Crippen LogP contribution in [0.4, 0.5) is 9.18 Å². The second-order valence-electron chi connectivity index (χ2n) is 6.66. The lowest BCUT2D eigenvalue weighted by molar-refractivity contribution is -0.0733. The largest absolute Gasteiger partial charge is 0.444 e. The van der Waals surface area contributed by atoms with Crippen LogP contribution in [0.15, 0.2) is 34.9 Å². The maximum Gasteiger partial charge on any atom is 0.317 e. The van der Waals surface area contributed by atoms with Gasteiger partial charge >= 0.3 is 6.03 Å². The summed E-state index contributed by atoms with van der Waals surface area (Å²) in [4.78, 5) is 18.3. The first-order chi connectivity index (χ1) is 11.9. The Hall–Kier alpha value is -2.41. The Balaban J connectivity index is 1.49. The maximum absolute atomic E-state index is 12.9. The van der Waals surface area contributed by atoms with Crippen molar-refractivity contribution in [1.82, 2.24) is 15.2 Å². The fourth-order valence-corrected chi connectivity index (χ4v) is 2.75. The molecule has 2 amide bonds. The number of benzene rings is 1. The summed E-state index contributed by atoms with van der Waals surface area (Å²) in [6, 6.07) is 5.87. The van der Waals surface area contributed by atoms with Crippen molar-refractivity contribution < 1.29 is 18.3 Å². The number of nitrogens with zero attached hydrogens (tertiary/aromatic N) is 2. The van der Waals surface area contributed by atoms with Gasteiger partial charge in [-0.05, 0) is 38.1 Å². The smallest absolute Gasteiger partial charge is 0.317 e. The van der Waals surface area contributed by atoms with E-state index in [1.165, 1.54) is 12.1 Å². The molecule has 1 aromatic carbocycles. The monoisotopic (exact) mass is 347 g/mol. The van der Waals surface area contributed by atoms with E-state index in [4.69, 9.17) is 9.15 Å². The Labute approximate surface area is 146 Å². The van der Waals surface area contributed by atoms with Gasteiger partial charge < -0.3 is 19.4 Å². The molecule has 1 aliphatic rings. The molecule has 0 aliphatic carbocycles. The maximum atomic E-state index is 12.9. The minimum atomic E-state index is -0.314. The molecule has 6 nitrogen and oxygen atoms in total. The quantitative estimate of drug-likeness (QED) is 0.923. The zero-order valence-corrected chi connectivity index (χ0v) is 14.4. The topological polar surface area (TPSA) is 67.6 Å². The number of aromatic nitrogens is 1. The number of urea groups is 1. The molecule has 0 saturated carbocycles. The van der Waals surface area contributed by atoms with Gasteiger partial charge in [0.05, 0.1) is 24.4 Å². The van der Waals surface area contributed by atoms with Crippen molar-refractivity contribution in [2.75, 3.05) is 26.2 Å². The fourth-order valence-electron chi connectivity index (χ4n) is 2.75. The van der Waals surface area contributed by atoms with Gasteiger partial charge in [-0.1, -0.05) is 0 Å². The molecule has 25 heavy (non-hydrogen) atoms. The van der Waals surface area contributed by atoms with Crippen molar-refractivity contribution in [3.63, 3.8) is 0 Å². The molecule has 1 N–H and O–H groups in total. The molecular weight excluding hydrogens is 325 g/mol. The van der Waals surface area contributed by atoms with Crippen molar-refractivity contribution in [1.29, 1.82) is 0 Å². The number of halogens is 1. The highest BCUT2D eigenvalue weighted by Gasteiger charge is 2.29. The summed E-state index contributed by atoms with van der Waals surface area (Å²) in [5.41, 5.74) is 1.14. The third-order valence-electron chi connectivity index (χ3n) is 4.01. The van der Waals surface area contributed by atoms with Crippen molar-refractivity contribution >= 4 is 6.03 Å². The minimum absolute atomic E-state index is 0.0985. The summed E-state index contributed by atoms with van der Waals surface area (Å²) in [5, 5.41) is 2.90. The van der Waals surface area contributed by atoms with E-state index in [2.05, 4.69) is 10.3 Å². The van der Waals surface area contributed by atoms with E-state index >= 15 is 0 Å². The Morgan fingerprint density at radius 1 is 1.36 bits per heavy atom. The van der Waals surface area contributed by atoms with Gasteiger partial charge in [0.1, 0.15) is 12.1 Å². The van der Waals surface area contributed by atoms with E-state index < -0.39 is 0 Å². The lowest BCUT2D eigenvalue weighted by Crippen LogP contribution is -2.53. The number of ether oxygens (including phenoxy) is 1. The third kappa shape index (κ3) is 4.57. The number of amides is 2. The number of nitrogens with one attached hydrogen (secondary N) is 1.